The molecule has 0 radical (unpaired) electrons. The predicted molar refractivity (Wildman–Crippen MR) is 122 cm³/mol. The van der Waals surface area contributed by atoms with Gasteiger partial charge in [-0.15, -0.1) is 0 Å². The molecule has 0 saturated heterocycles. The lowest BCUT2D eigenvalue weighted by Crippen LogP contribution is -2.57. The number of fused-ring (bicyclic) bond motifs is 3. The van der Waals surface area contributed by atoms with E-state index in [1.54, 1.807) is 34.1 Å². The first-order valence-electron chi connectivity index (χ1n) is 10.9. The van der Waals surface area contributed by atoms with Gasteiger partial charge in [0.25, 0.3) is 0 Å². The van der Waals surface area contributed by atoms with Crippen LogP contribution in [-0.2, 0) is 33.5 Å². The monoisotopic (exact) mass is 483 g/mol. The van der Waals surface area contributed by atoms with Crippen LogP contribution in [0, 0.1) is 5.41 Å². The summed E-state index contributed by atoms with van der Waals surface area (Å²) in [4.78, 5) is 24.0. The molecule has 10 heteroatoms. The smallest absolute Gasteiger partial charge is 0.407 e. The maximum atomic E-state index is 12.6. The number of rotatable bonds is 10. The summed E-state index contributed by atoms with van der Waals surface area (Å²) in [6.07, 6.45) is 3.73. The fourth-order valence-corrected chi connectivity index (χ4v) is 5.16. The highest BCUT2D eigenvalue weighted by molar-refractivity contribution is 7.75. The Labute approximate surface area is 199 Å². The first-order chi connectivity index (χ1) is 15.6. The van der Waals surface area contributed by atoms with Gasteiger partial charge < -0.3 is 37.7 Å². The zero-order valence-corrected chi connectivity index (χ0v) is 20.6. The van der Waals surface area contributed by atoms with Crippen molar-refractivity contribution in [3.05, 3.63) is 35.3 Å². The Bertz CT molecular complexity index is 878. The average Bonchev–Trinajstić information content (AvgIpc) is 3.37. The lowest BCUT2D eigenvalue weighted by molar-refractivity contribution is -0.169. The summed E-state index contributed by atoms with van der Waals surface area (Å²) < 4.78 is 34.1. The average molecular weight is 484 g/mol. The second kappa shape index (κ2) is 10.2. The lowest BCUT2D eigenvalue weighted by Gasteiger charge is -2.52. The van der Waals surface area contributed by atoms with Crippen molar-refractivity contribution in [3.8, 4) is 0 Å². The third-order valence-corrected chi connectivity index (χ3v) is 6.52. The van der Waals surface area contributed by atoms with Gasteiger partial charge in [0.05, 0.1) is 12.4 Å². The van der Waals surface area contributed by atoms with E-state index in [9.17, 15) is 9.59 Å². The quantitative estimate of drug-likeness (QED) is 0.170. The molecule has 0 bridgehead atoms. The zero-order chi connectivity index (χ0) is 24.3. The molecule has 0 aliphatic heterocycles. The van der Waals surface area contributed by atoms with Crippen molar-refractivity contribution in [1.29, 1.82) is 0 Å². The van der Waals surface area contributed by atoms with E-state index in [4.69, 9.17) is 27.5 Å². The summed E-state index contributed by atoms with van der Waals surface area (Å²) in [5.74, 6) is 0.611. The Morgan fingerprint density at radius 2 is 2.18 bits per heavy atom. The third kappa shape index (κ3) is 4.85. The van der Waals surface area contributed by atoms with E-state index in [-0.39, 0.29) is 19.9 Å². The maximum Gasteiger partial charge on any atom is 0.407 e. The highest BCUT2D eigenvalue weighted by Gasteiger charge is 2.64. The molecule has 0 saturated carbocycles. The summed E-state index contributed by atoms with van der Waals surface area (Å²) in [7, 11) is 1.54. The molecule has 1 aromatic rings. The summed E-state index contributed by atoms with van der Waals surface area (Å²) in [6, 6.07) is 1.83. The van der Waals surface area contributed by atoms with Gasteiger partial charge in [-0.05, 0) is 58.7 Å². The first-order valence-corrected chi connectivity index (χ1v) is 11.2. The SMILES string of the molecule is COCO[C@@H]1C[C@]2(CNC(=O)OC(C)(C)C)C([C@@H](C)OS)=CC[C@]2(OCC=O)c2ccoc21. The van der Waals surface area contributed by atoms with Gasteiger partial charge in [0, 0.05) is 31.1 Å². The normalized spacial score (nSPS) is 27.3. The van der Waals surface area contributed by atoms with Crippen molar-refractivity contribution in [1.82, 2.24) is 5.32 Å². The topological polar surface area (TPSA) is 105 Å². The molecule has 1 aromatic heterocycles. The molecule has 3 rings (SSSR count). The highest BCUT2D eigenvalue weighted by Crippen LogP contribution is 2.64. The van der Waals surface area contributed by atoms with Crippen LogP contribution in [0.25, 0.3) is 0 Å². The van der Waals surface area contributed by atoms with Gasteiger partial charge in [-0.25, -0.2) is 4.79 Å². The van der Waals surface area contributed by atoms with E-state index >= 15 is 0 Å². The van der Waals surface area contributed by atoms with Crippen molar-refractivity contribution < 1.29 is 37.1 Å². The number of carbonyl (C=O) groups excluding carboxylic acids is 2. The minimum Gasteiger partial charge on any atom is -0.466 e. The molecular weight excluding hydrogens is 450 g/mol. The van der Waals surface area contributed by atoms with Crippen LogP contribution in [0.3, 0.4) is 0 Å². The van der Waals surface area contributed by atoms with E-state index in [1.165, 1.54) is 0 Å². The number of furan rings is 1. The molecule has 1 amide bonds. The number of aldehydes is 1. The number of alkyl carbamates (subject to hydrolysis) is 1. The van der Waals surface area contributed by atoms with E-state index in [1.807, 2.05) is 19.1 Å². The van der Waals surface area contributed by atoms with Crippen LogP contribution >= 0.6 is 12.9 Å². The number of hydrogen-bond acceptors (Lipinski definition) is 9. The van der Waals surface area contributed by atoms with Crippen molar-refractivity contribution in [2.45, 2.75) is 63.9 Å². The number of nitrogens with one attached hydrogen (secondary N) is 1. The Balaban J connectivity index is 2.09. The van der Waals surface area contributed by atoms with E-state index in [2.05, 4.69) is 18.2 Å². The van der Waals surface area contributed by atoms with Crippen LogP contribution in [-0.4, -0.2) is 51.1 Å². The molecule has 0 unspecified atom stereocenters. The third-order valence-electron chi connectivity index (χ3n) is 6.21. The largest absolute Gasteiger partial charge is 0.466 e. The van der Waals surface area contributed by atoms with Gasteiger partial charge in [0.2, 0.25) is 0 Å². The predicted octanol–water partition coefficient (Wildman–Crippen LogP) is 3.85. The second-order valence-electron chi connectivity index (χ2n) is 9.32. The molecule has 1 heterocycles. The van der Waals surface area contributed by atoms with Gasteiger partial charge in [-0.1, -0.05) is 6.08 Å². The molecule has 2 aliphatic rings. The first kappa shape index (κ1) is 25.8. The van der Waals surface area contributed by atoms with Crippen LogP contribution in [0.5, 0.6) is 0 Å². The second-order valence-corrected chi connectivity index (χ2v) is 9.53. The summed E-state index contributed by atoms with van der Waals surface area (Å²) in [5.41, 5.74) is -0.812. The fourth-order valence-electron chi connectivity index (χ4n) is 5.04. The summed E-state index contributed by atoms with van der Waals surface area (Å²) in [5, 5.41) is 2.91. The molecule has 33 heavy (non-hydrogen) atoms. The van der Waals surface area contributed by atoms with Crippen LogP contribution in [0.4, 0.5) is 4.79 Å². The van der Waals surface area contributed by atoms with Crippen molar-refractivity contribution in [2.24, 2.45) is 5.41 Å². The van der Waals surface area contributed by atoms with Crippen molar-refractivity contribution in [2.75, 3.05) is 27.1 Å². The molecular formula is C23H33NO8S. The van der Waals surface area contributed by atoms with Crippen molar-refractivity contribution in [3.63, 3.8) is 0 Å². The number of thiol groups is 1. The van der Waals surface area contributed by atoms with Crippen LogP contribution in [0.2, 0.25) is 0 Å². The van der Waals surface area contributed by atoms with E-state index in [0.717, 1.165) is 11.1 Å². The molecule has 2 aliphatic carbocycles. The molecule has 9 nitrogen and oxygen atoms in total. The minimum absolute atomic E-state index is 0.0558. The molecule has 4 atom stereocenters. The molecule has 1 N–H and O–H groups in total. The van der Waals surface area contributed by atoms with Gasteiger partial charge in [0.15, 0.2) is 0 Å². The standard InChI is InChI=1S/C23H33NO8S/c1-15(32-33)16-6-8-23(30-11-9-25)17-7-10-28-19(17)18(29-14-27-5)12-22(16,23)13-24-20(26)31-21(2,3)4/h6-7,9-10,15,18,33H,8,11-14H2,1-5H3,(H,24,26)/t15-,18-,22+,23+/m1/s1. The number of ether oxygens (including phenoxy) is 4. The maximum absolute atomic E-state index is 12.6. The zero-order valence-electron chi connectivity index (χ0n) is 19.7. The fraction of sp³-hybridized carbons (Fsp3) is 0.652. The Hall–Kier alpha value is -1.85. The van der Waals surface area contributed by atoms with Crippen molar-refractivity contribution >= 4 is 25.3 Å². The summed E-state index contributed by atoms with van der Waals surface area (Å²) in [6.45, 7) is 7.36. The van der Waals surface area contributed by atoms with E-state index in [0.29, 0.717) is 24.9 Å². The Morgan fingerprint density at radius 3 is 2.82 bits per heavy atom. The Kier molecular flexibility index (Phi) is 7.95. The van der Waals surface area contributed by atoms with E-state index < -0.39 is 34.9 Å². The van der Waals surface area contributed by atoms with Crippen LogP contribution in [0.1, 0.15) is 58.0 Å². The van der Waals surface area contributed by atoms with Gasteiger partial charge >= 0.3 is 6.09 Å². The van der Waals surface area contributed by atoms with Crippen LogP contribution < -0.4 is 5.32 Å². The Morgan fingerprint density at radius 1 is 1.42 bits per heavy atom. The molecule has 0 aromatic carbocycles. The lowest BCUT2D eigenvalue weighted by atomic mass is 9.59. The number of amides is 1. The highest BCUT2D eigenvalue weighted by atomic mass is 32.1. The number of carbonyl (C=O) groups is 2. The van der Waals surface area contributed by atoms with Gasteiger partial charge in [0.1, 0.15) is 42.8 Å². The van der Waals surface area contributed by atoms with Gasteiger partial charge in [-0.3, -0.25) is 0 Å². The van der Waals surface area contributed by atoms with Gasteiger partial charge in [-0.2, -0.15) is 0 Å². The molecule has 0 fully saturated rings. The summed E-state index contributed by atoms with van der Waals surface area (Å²) >= 11 is 4.05. The number of methoxy groups -OCH3 is 1. The van der Waals surface area contributed by atoms with Crippen LogP contribution in [0.15, 0.2) is 28.4 Å². The molecule has 184 valence electrons. The molecule has 0 spiro atoms. The minimum atomic E-state index is -0.978. The number of hydrogen-bond donors (Lipinski definition) is 2.